The van der Waals surface area contributed by atoms with Gasteiger partial charge in [0.1, 0.15) is 5.75 Å². The van der Waals surface area contributed by atoms with Crippen molar-refractivity contribution in [2.45, 2.75) is 32.7 Å². The molecule has 134 valence electrons. The van der Waals surface area contributed by atoms with Crippen molar-refractivity contribution in [2.24, 2.45) is 10.9 Å². The number of aliphatic imine (C=N–C) groups is 1. The van der Waals surface area contributed by atoms with E-state index in [-0.39, 0.29) is 0 Å². The largest absolute Gasteiger partial charge is 0.493 e. The molecule has 1 heterocycles. The van der Waals surface area contributed by atoms with E-state index in [1.54, 1.807) is 7.05 Å². The minimum absolute atomic E-state index is 0.624. The van der Waals surface area contributed by atoms with Gasteiger partial charge in [0, 0.05) is 32.1 Å². The molecule has 1 aliphatic carbocycles. The van der Waals surface area contributed by atoms with Crippen molar-refractivity contribution in [3.05, 3.63) is 41.5 Å². The molecule has 7 nitrogen and oxygen atoms in total. The Morgan fingerprint density at radius 2 is 2.16 bits per heavy atom. The second-order valence-corrected chi connectivity index (χ2v) is 6.20. The molecule has 1 aromatic carbocycles. The molecule has 0 saturated heterocycles. The number of para-hydroxylation sites is 1. The molecule has 1 aromatic heterocycles. The Kier molecular flexibility index (Phi) is 5.87. The topological polar surface area (TPSA) is 84.6 Å². The molecule has 0 atom stereocenters. The predicted molar refractivity (Wildman–Crippen MR) is 95.6 cm³/mol. The van der Waals surface area contributed by atoms with Gasteiger partial charge in [0.2, 0.25) is 5.89 Å². The predicted octanol–water partition coefficient (Wildman–Crippen LogP) is 2.07. The summed E-state index contributed by atoms with van der Waals surface area (Å²) in [6.45, 7) is 3.94. The van der Waals surface area contributed by atoms with Crippen LogP contribution in [-0.4, -0.2) is 36.3 Å². The summed E-state index contributed by atoms with van der Waals surface area (Å²) in [6, 6.07) is 8.12. The first-order valence-electron chi connectivity index (χ1n) is 8.69. The van der Waals surface area contributed by atoms with E-state index in [9.17, 15) is 0 Å². The Morgan fingerprint density at radius 1 is 1.32 bits per heavy atom. The Balaban J connectivity index is 1.45. The molecule has 1 saturated carbocycles. The van der Waals surface area contributed by atoms with Gasteiger partial charge in [-0.25, -0.2) is 0 Å². The van der Waals surface area contributed by atoms with Gasteiger partial charge < -0.3 is 19.9 Å². The fraction of sp³-hybridized carbons (Fsp3) is 0.500. The van der Waals surface area contributed by atoms with Gasteiger partial charge in [-0.1, -0.05) is 23.4 Å². The van der Waals surface area contributed by atoms with Crippen LogP contribution in [-0.2, 0) is 13.0 Å². The van der Waals surface area contributed by atoms with E-state index in [0.717, 1.165) is 29.8 Å². The number of hydrogen-bond acceptors (Lipinski definition) is 5. The van der Waals surface area contributed by atoms with Crippen LogP contribution in [0.5, 0.6) is 5.75 Å². The van der Waals surface area contributed by atoms with Crippen molar-refractivity contribution in [2.75, 3.05) is 20.2 Å². The highest BCUT2D eigenvalue weighted by Gasteiger charge is 2.22. The van der Waals surface area contributed by atoms with E-state index in [0.29, 0.717) is 31.2 Å². The summed E-state index contributed by atoms with van der Waals surface area (Å²) in [5.41, 5.74) is 1.12. The van der Waals surface area contributed by atoms with Gasteiger partial charge in [-0.2, -0.15) is 4.98 Å². The average molecular weight is 343 g/mol. The fourth-order valence-corrected chi connectivity index (χ4v) is 2.41. The summed E-state index contributed by atoms with van der Waals surface area (Å²) in [4.78, 5) is 8.42. The van der Waals surface area contributed by atoms with E-state index >= 15 is 0 Å². The second kappa shape index (κ2) is 8.50. The molecule has 0 spiro atoms. The van der Waals surface area contributed by atoms with Crippen LogP contribution in [0.2, 0.25) is 0 Å². The quantitative estimate of drug-likeness (QED) is 0.564. The first-order chi connectivity index (χ1) is 12.2. The van der Waals surface area contributed by atoms with Crippen LogP contribution in [0.3, 0.4) is 0 Å². The van der Waals surface area contributed by atoms with Gasteiger partial charge in [0.25, 0.3) is 0 Å². The Morgan fingerprint density at radius 3 is 2.88 bits per heavy atom. The monoisotopic (exact) mass is 343 g/mol. The number of nitrogens with one attached hydrogen (secondary N) is 2. The fourth-order valence-electron chi connectivity index (χ4n) is 2.41. The first-order valence-corrected chi connectivity index (χ1v) is 8.69. The van der Waals surface area contributed by atoms with Gasteiger partial charge in [0.05, 0.1) is 6.61 Å². The maximum Gasteiger partial charge on any atom is 0.228 e. The number of aryl methyl sites for hydroxylation is 1. The number of hydrogen-bond donors (Lipinski definition) is 2. The van der Waals surface area contributed by atoms with Gasteiger partial charge in [-0.3, -0.25) is 4.99 Å². The lowest BCUT2D eigenvalue weighted by atomic mass is 10.2. The number of rotatable bonds is 8. The number of aromatic nitrogens is 2. The maximum absolute atomic E-state index is 5.94. The molecular formula is C18H25N5O2. The summed E-state index contributed by atoms with van der Waals surface area (Å²) < 4.78 is 11.0. The average Bonchev–Trinajstić information content (AvgIpc) is 3.37. The minimum Gasteiger partial charge on any atom is -0.493 e. The van der Waals surface area contributed by atoms with Crippen LogP contribution in [0.1, 0.15) is 30.1 Å². The summed E-state index contributed by atoms with van der Waals surface area (Å²) in [5.74, 6) is 3.69. The molecule has 7 heteroatoms. The summed E-state index contributed by atoms with van der Waals surface area (Å²) in [6.07, 6.45) is 3.23. The molecule has 1 fully saturated rings. The van der Waals surface area contributed by atoms with E-state index in [2.05, 4.69) is 31.8 Å². The lowest BCUT2D eigenvalue weighted by Crippen LogP contribution is -2.38. The number of benzene rings is 1. The molecule has 0 amide bonds. The lowest BCUT2D eigenvalue weighted by Gasteiger charge is -2.14. The third kappa shape index (κ3) is 5.48. The number of nitrogens with zero attached hydrogens (tertiary/aromatic N) is 3. The number of guanidine groups is 1. The maximum atomic E-state index is 5.94. The van der Waals surface area contributed by atoms with E-state index < -0.39 is 0 Å². The van der Waals surface area contributed by atoms with Crippen LogP contribution >= 0.6 is 0 Å². The van der Waals surface area contributed by atoms with Gasteiger partial charge in [-0.15, -0.1) is 0 Å². The van der Waals surface area contributed by atoms with Crippen molar-refractivity contribution in [1.82, 2.24) is 20.8 Å². The van der Waals surface area contributed by atoms with Crippen LogP contribution in [0.25, 0.3) is 0 Å². The van der Waals surface area contributed by atoms with E-state index in [4.69, 9.17) is 9.26 Å². The zero-order valence-electron chi connectivity index (χ0n) is 14.8. The highest BCUT2D eigenvalue weighted by molar-refractivity contribution is 5.79. The molecular weight excluding hydrogens is 318 g/mol. The first kappa shape index (κ1) is 17.3. The van der Waals surface area contributed by atoms with Crippen molar-refractivity contribution < 1.29 is 9.26 Å². The zero-order chi connectivity index (χ0) is 17.5. The SMILES string of the molecule is CN=C(NCCc1nc(C)no1)NCc1ccccc1OCC1CC1. The van der Waals surface area contributed by atoms with Gasteiger partial charge >= 0.3 is 0 Å². The highest BCUT2D eigenvalue weighted by Crippen LogP contribution is 2.30. The van der Waals surface area contributed by atoms with Gasteiger partial charge in [0.15, 0.2) is 11.8 Å². The molecule has 1 aliphatic rings. The highest BCUT2D eigenvalue weighted by atomic mass is 16.5. The molecule has 0 aliphatic heterocycles. The molecule has 0 bridgehead atoms. The van der Waals surface area contributed by atoms with Crippen LogP contribution in [0.4, 0.5) is 0 Å². The van der Waals surface area contributed by atoms with Crippen molar-refractivity contribution in [1.29, 1.82) is 0 Å². The third-order valence-electron chi connectivity index (χ3n) is 4.01. The molecule has 2 aromatic rings. The van der Waals surface area contributed by atoms with Crippen LogP contribution in [0, 0.1) is 12.8 Å². The van der Waals surface area contributed by atoms with Crippen molar-refractivity contribution in [3.8, 4) is 5.75 Å². The second-order valence-electron chi connectivity index (χ2n) is 6.20. The third-order valence-corrected chi connectivity index (χ3v) is 4.01. The molecule has 0 radical (unpaired) electrons. The van der Waals surface area contributed by atoms with Crippen LogP contribution < -0.4 is 15.4 Å². The lowest BCUT2D eigenvalue weighted by molar-refractivity contribution is 0.296. The smallest absolute Gasteiger partial charge is 0.228 e. The summed E-state index contributed by atoms with van der Waals surface area (Å²) in [5, 5.41) is 10.3. The molecule has 25 heavy (non-hydrogen) atoms. The van der Waals surface area contributed by atoms with Crippen molar-refractivity contribution >= 4 is 5.96 Å². The van der Waals surface area contributed by atoms with E-state index in [1.807, 2.05) is 25.1 Å². The zero-order valence-corrected chi connectivity index (χ0v) is 14.8. The number of ether oxygens (including phenoxy) is 1. The van der Waals surface area contributed by atoms with Crippen molar-refractivity contribution in [3.63, 3.8) is 0 Å². The minimum atomic E-state index is 0.624. The van der Waals surface area contributed by atoms with Gasteiger partial charge in [-0.05, 0) is 31.7 Å². The molecule has 2 N–H and O–H groups in total. The normalized spacial score (nSPS) is 14.4. The van der Waals surface area contributed by atoms with E-state index in [1.165, 1.54) is 12.8 Å². The molecule has 3 rings (SSSR count). The Labute approximate surface area is 147 Å². The summed E-state index contributed by atoms with van der Waals surface area (Å²) >= 11 is 0. The Hall–Kier alpha value is -2.57. The Bertz CT molecular complexity index is 709. The standard InChI is InChI=1S/C18H25N5O2/c1-13-22-17(25-23-13)9-10-20-18(19-2)21-11-15-5-3-4-6-16(15)24-12-14-7-8-14/h3-6,14H,7-12H2,1-2H3,(H2,19,20,21). The summed E-state index contributed by atoms with van der Waals surface area (Å²) in [7, 11) is 1.75. The van der Waals surface area contributed by atoms with Crippen LogP contribution in [0.15, 0.2) is 33.8 Å². The molecule has 0 unspecified atom stereocenters.